The zero-order chi connectivity index (χ0) is 14.7. The fourth-order valence-corrected chi connectivity index (χ4v) is 2.49. The summed E-state index contributed by atoms with van der Waals surface area (Å²) in [6.45, 7) is 1.95. The molecule has 1 atom stereocenters. The van der Waals surface area contributed by atoms with Gasteiger partial charge in [-0.05, 0) is 42.3 Å². The molecule has 0 spiro atoms. The zero-order valence-corrected chi connectivity index (χ0v) is 12.0. The van der Waals surface area contributed by atoms with Crippen molar-refractivity contribution in [3.8, 4) is 5.75 Å². The van der Waals surface area contributed by atoms with Crippen molar-refractivity contribution in [2.24, 2.45) is 5.84 Å². The van der Waals surface area contributed by atoms with E-state index < -0.39 is 6.04 Å². The first-order valence-corrected chi connectivity index (χ1v) is 6.50. The zero-order valence-electron chi connectivity index (χ0n) is 11.3. The normalized spacial score (nSPS) is 12.2. The van der Waals surface area contributed by atoms with Crippen LogP contribution in [0.4, 0.5) is 4.39 Å². The van der Waals surface area contributed by atoms with Crippen LogP contribution >= 0.6 is 11.6 Å². The number of benzene rings is 2. The Bertz CT molecular complexity index is 619. The first-order valence-electron chi connectivity index (χ1n) is 6.12. The van der Waals surface area contributed by atoms with Crippen molar-refractivity contribution < 1.29 is 9.13 Å². The SMILES string of the molecule is COc1ccc(F)cc1C(NN)c1ccc(C)cc1Cl. The second kappa shape index (κ2) is 6.22. The molecule has 2 aromatic rings. The van der Waals surface area contributed by atoms with Crippen LogP contribution < -0.4 is 16.0 Å². The molecule has 0 aliphatic carbocycles. The van der Waals surface area contributed by atoms with Crippen LogP contribution in [-0.4, -0.2) is 7.11 Å². The van der Waals surface area contributed by atoms with Gasteiger partial charge >= 0.3 is 0 Å². The van der Waals surface area contributed by atoms with E-state index in [0.29, 0.717) is 16.3 Å². The molecular weight excluding hydrogens is 279 g/mol. The highest BCUT2D eigenvalue weighted by Gasteiger charge is 2.20. The molecule has 3 N–H and O–H groups in total. The molecule has 0 aliphatic rings. The van der Waals surface area contributed by atoms with E-state index in [0.717, 1.165) is 11.1 Å². The van der Waals surface area contributed by atoms with Crippen molar-refractivity contribution in [2.75, 3.05) is 7.11 Å². The molecule has 106 valence electrons. The van der Waals surface area contributed by atoms with Crippen molar-refractivity contribution in [1.29, 1.82) is 0 Å². The van der Waals surface area contributed by atoms with E-state index in [9.17, 15) is 4.39 Å². The Morgan fingerprint density at radius 2 is 1.95 bits per heavy atom. The number of halogens is 2. The summed E-state index contributed by atoms with van der Waals surface area (Å²) in [7, 11) is 1.53. The van der Waals surface area contributed by atoms with Gasteiger partial charge < -0.3 is 4.74 Å². The maximum atomic E-state index is 13.5. The van der Waals surface area contributed by atoms with E-state index in [1.807, 2.05) is 25.1 Å². The van der Waals surface area contributed by atoms with Crippen LogP contribution in [-0.2, 0) is 0 Å². The van der Waals surface area contributed by atoms with E-state index in [1.165, 1.54) is 19.2 Å². The van der Waals surface area contributed by atoms with Gasteiger partial charge in [0.05, 0.1) is 13.2 Å². The predicted molar refractivity (Wildman–Crippen MR) is 78.3 cm³/mol. The Labute approximate surface area is 122 Å². The highest BCUT2D eigenvalue weighted by molar-refractivity contribution is 6.31. The molecule has 2 aromatic carbocycles. The molecular formula is C15H16ClFN2O. The molecule has 20 heavy (non-hydrogen) atoms. The number of nitrogens with two attached hydrogens (primary N) is 1. The number of rotatable bonds is 4. The van der Waals surface area contributed by atoms with Gasteiger partial charge in [-0.2, -0.15) is 0 Å². The summed E-state index contributed by atoms with van der Waals surface area (Å²) in [4.78, 5) is 0. The fourth-order valence-electron chi connectivity index (χ4n) is 2.14. The van der Waals surface area contributed by atoms with Gasteiger partial charge in [-0.25, -0.2) is 9.82 Å². The molecule has 3 nitrogen and oxygen atoms in total. The second-order valence-corrected chi connectivity index (χ2v) is 4.92. The third kappa shape index (κ3) is 2.93. The number of methoxy groups -OCH3 is 1. The summed E-state index contributed by atoms with van der Waals surface area (Å²) in [5.74, 6) is 5.82. The molecule has 5 heteroatoms. The lowest BCUT2D eigenvalue weighted by Crippen LogP contribution is -2.29. The Balaban J connectivity index is 2.54. The molecule has 0 aromatic heterocycles. The van der Waals surface area contributed by atoms with E-state index in [2.05, 4.69) is 5.43 Å². The van der Waals surface area contributed by atoms with Crippen molar-refractivity contribution in [2.45, 2.75) is 13.0 Å². The van der Waals surface area contributed by atoms with Crippen LogP contribution in [0.25, 0.3) is 0 Å². The summed E-state index contributed by atoms with van der Waals surface area (Å²) in [6, 6.07) is 9.48. The van der Waals surface area contributed by atoms with Crippen molar-refractivity contribution >= 4 is 11.6 Å². The molecule has 0 bridgehead atoms. The van der Waals surface area contributed by atoms with E-state index >= 15 is 0 Å². The fraction of sp³-hybridized carbons (Fsp3) is 0.200. The molecule has 0 fully saturated rings. The van der Waals surface area contributed by atoms with Crippen molar-refractivity contribution in [1.82, 2.24) is 5.43 Å². The molecule has 0 saturated carbocycles. The third-order valence-corrected chi connectivity index (χ3v) is 3.46. The maximum absolute atomic E-state index is 13.5. The Kier molecular flexibility index (Phi) is 4.60. The molecule has 0 aliphatic heterocycles. The molecule has 0 heterocycles. The van der Waals surface area contributed by atoms with Crippen molar-refractivity contribution in [3.63, 3.8) is 0 Å². The van der Waals surface area contributed by atoms with Gasteiger partial charge in [-0.3, -0.25) is 5.84 Å². The second-order valence-electron chi connectivity index (χ2n) is 4.51. The summed E-state index contributed by atoms with van der Waals surface area (Å²) in [6.07, 6.45) is 0. The standard InChI is InChI=1S/C15H16ClFN2O/c1-9-3-5-11(13(16)7-9)15(19-18)12-8-10(17)4-6-14(12)20-2/h3-8,15,19H,18H2,1-2H3. The topological polar surface area (TPSA) is 47.3 Å². The van der Waals surface area contributed by atoms with Gasteiger partial charge in [0, 0.05) is 10.6 Å². The summed E-state index contributed by atoms with van der Waals surface area (Å²) < 4.78 is 18.8. The minimum absolute atomic E-state index is 0.357. The highest BCUT2D eigenvalue weighted by Crippen LogP contribution is 2.33. The van der Waals surface area contributed by atoms with Gasteiger partial charge in [-0.15, -0.1) is 0 Å². The van der Waals surface area contributed by atoms with E-state index in [4.69, 9.17) is 22.2 Å². The summed E-state index contributed by atoms with van der Waals surface area (Å²) >= 11 is 6.26. The number of aryl methyl sites for hydroxylation is 1. The van der Waals surface area contributed by atoms with Crippen LogP contribution in [0.15, 0.2) is 36.4 Å². The summed E-state index contributed by atoms with van der Waals surface area (Å²) in [5, 5.41) is 0.569. The van der Waals surface area contributed by atoms with Crippen LogP contribution in [0.2, 0.25) is 5.02 Å². The summed E-state index contributed by atoms with van der Waals surface area (Å²) in [5.41, 5.74) is 5.07. The van der Waals surface area contributed by atoms with Gasteiger partial charge in [-0.1, -0.05) is 23.7 Å². The highest BCUT2D eigenvalue weighted by atomic mass is 35.5. The van der Waals surface area contributed by atoms with Crippen molar-refractivity contribution in [3.05, 3.63) is 63.9 Å². The first kappa shape index (κ1) is 14.8. The molecule has 0 saturated heterocycles. The average molecular weight is 295 g/mol. The van der Waals surface area contributed by atoms with Crippen LogP contribution in [0, 0.1) is 12.7 Å². The third-order valence-electron chi connectivity index (χ3n) is 3.14. The number of hydrogen-bond donors (Lipinski definition) is 2. The molecule has 0 amide bonds. The Hall–Kier alpha value is -1.62. The van der Waals surface area contributed by atoms with Crippen LogP contribution in [0.5, 0.6) is 5.75 Å². The van der Waals surface area contributed by atoms with Crippen LogP contribution in [0.1, 0.15) is 22.7 Å². The number of nitrogens with one attached hydrogen (secondary N) is 1. The monoisotopic (exact) mass is 294 g/mol. The Morgan fingerprint density at radius 1 is 1.20 bits per heavy atom. The van der Waals surface area contributed by atoms with Crippen LogP contribution in [0.3, 0.4) is 0 Å². The number of hydrazine groups is 1. The quantitative estimate of drug-likeness (QED) is 0.671. The Morgan fingerprint density at radius 3 is 2.55 bits per heavy atom. The first-order chi connectivity index (χ1) is 9.56. The lowest BCUT2D eigenvalue weighted by atomic mass is 9.97. The minimum atomic E-state index is -0.450. The molecule has 0 radical (unpaired) electrons. The largest absolute Gasteiger partial charge is 0.496 e. The molecule has 1 unspecified atom stereocenters. The molecule has 2 rings (SSSR count). The van der Waals surface area contributed by atoms with Gasteiger partial charge in [0.15, 0.2) is 0 Å². The van der Waals surface area contributed by atoms with Gasteiger partial charge in [0.1, 0.15) is 11.6 Å². The number of hydrogen-bond acceptors (Lipinski definition) is 3. The maximum Gasteiger partial charge on any atom is 0.124 e. The lowest BCUT2D eigenvalue weighted by molar-refractivity contribution is 0.402. The van der Waals surface area contributed by atoms with E-state index in [1.54, 1.807) is 6.07 Å². The minimum Gasteiger partial charge on any atom is -0.496 e. The number of ether oxygens (including phenoxy) is 1. The smallest absolute Gasteiger partial charge is 0.124 e. The van der Waals surface area contributed by atoms with Gasteiger partial charge in [0.25, 0.3) is 0 Å². The average Bonchev–Trinajstić information content (AvgIpc) is 2.42. The van der Waals surface area contributed by atoms with E-state index in [-0.39, 0.29) is 5.82 Å². The van der Waals surface area contributed by atoms with Gasteiger partial charge in [0.2, 0.25) is 0 Å². The predicted octanol–water partition coefficient (Wildman–Crippen LogP) is 3.35. The lowest BCUT2D eigenvalue weighted by Gasteiger charge is -2.21.